The van der Waals surface area contributed by atoms with E-state index in [9.17, 15) is 0 Å². The highest BCUT2D eigenvalue weighted by molar-refractivity contribution is 6.30. The Labute approximate surface area is 244 Å². The van der Waals surface area contributed by atoms with Gasteiger partial charge < -0.3 is 9.64 Å². The molecule has 1 aliphatic heterocycles. The van der Waals surface area contributed by atoms with Crippen LogP contribution in [0.5, 0.6) is 5.75 Å². The number of hydrogen-bond acceptors (Lipinski definition) is 4. The molecule has 1 aliphatic carbocycles. The lowest BCUT2D eigenvalue weighted by atomic mass is 10.0. The van der Waals surface area contributed by atoms with Crippen LogP contribution in [0.25, 0.3) is 17.2 Å². The van der Waals surface area contributed by atoms with Gasteiger partial charge in [-0.05, 0) is 79.8 Å². The molecule has 0 unspecified atom stereocenters. The highest BCUT2D eigenvalue weighted by Gasteiger charge is 2.28. The van der Waals surface area contributed by atoms with E-state index >= 15 is 0 Å². The quantitative estimate of drug-likeness (QED) is 0.255. The number of likely N-dealkylation sites (tertiary alicyclic amines) is 1. The molecule has 0 atom stereocenters. The van der Waals surface area contributed by atoms with E-state index in [2.05, 4.69) is 46.0 Å². The average Bonchev–Trinajstić information content (AvgIpc) is 3.53. The molecule has 2 aliphatic rings. The Balaban J connectivity index is 1.11. The number of rotatable bonds is 9. The van der Waals surface area contributed by atoms with Gasteiger partial charge in [-0.1, -0.05) is 67.8 Å². The first-order valence-electron chi connectivity index (χ1n) is 14.4. The normalized spacial score (nSPS) is 16.2. The van der Waals surface area contributed by atoms with Crippen molar-refractivity contribution in [3.8, 4) is 28.7 Å². The molecule has 0 spiro atoms. The second kappa shape index (κ2) is 13.7. The number of nitrogens with zero attached hydrogens (tertiary/aromatic N) is 3. The molecule has 2 aromatic carbocycles. The third-order valence-electron chi connectivity index (χ3n) is 8.11. The maximum Gasteiger partial charge on any atom is 0.126 e. The number of halogens is 1. The van der Waals surface area contributed by atoms with Crippen LogP contribution in [-0.4, -0.2) is 53.1 Å². The number of hydrogen-bond donors (Lipinski definition) is 0. The Bertz CT molecular complexity index is 1340. The molecule has 0 N–H and O–H groups in total. The Morgan fingerprint density at radius 3 is 2.33 bits per heavy atom. The first-order chi connectivity index (χ1) is 19.6. The van der Waals surface area contributed by atoms with Crippen LogP contribution in [0.15, 0.2) is 80.2 Å². The first kappa shape index (κ1) is 28.0. The Hall–Kier alpha value is -3.52. The number of pyridine rings is 1. The van der Waals surface area contributed by atoms with Gasteiger partial charge in [0.25, 0.3) is 0 Å². The van der Waals surface area contributed by atoms with Gasteiger partial charge in [-0.2, -0.15) is 0 Å². The van der Waals surface area contributed by atoms with Crippen molar-refractivity contribution in [3.63, 3.8) is 0 Å². The largest absolute Gasteiger partial charge is 0.492 e. The molecule has 2 fully saturated rings. The summed E-state index contributed by atoms with van der Waals surface area (Å²) in [4.78, 5) is 9.60. The molecular weight excluding hydrogens is 514 g/mol. The monoisotopic (exact) mass is 551 g/mol. The number of piperidine rings is 1. The van der Waals surface area contributed by atoms with E-state index in [0.717, 1.165) is 58.4 Å². The predicted octanol–water partition coefficient (Wildman–Crippen LogP) is 7.68. The summed E-state index contributed by atoms with van der Waals surface area (Å²) >= 11 is 5.99. The summed E-state index contributed by atoms with van der Waals surface area (Å²) in [7, 11) is 0. The lowest BCUT2D eigenvalue weighted by Gasteiger charge is -2.41. The number of benzene rings is 2. The molecule has 0 bridgehead atoms. The molecule has 1 aromatic heterocycles. The molecule has 206 valence electrons. The molecule has 1 saturated carbocycles. The van der Waals surface area contributed by atoms with E-state index < -0.39 is 0 Å². The minimum Gasteiger partial charge on any atom is -0.492 e. The molecule has 3 aromatic rings. The minimum absolute atomic E-state index is 0.635. The zero-order valence-electron chi connectivity index (χ0n) is 23.2. The second-order valence-corrected chi connectivity index (χ2v) is 11.1. The van der Waals surface area contributed by atoms with Crippen molar-refractivity contribution in [1.29, 1.82) is 0 Å². The van der Waals surface area contributed by atoms with Crippen LogP contribution in [0.1, 0.15) is 55.3 Å². The van der Waals surface area contributed by atoms with Gasteiger partial charge in [-0.25, -0.2) is 4.98 Å². The number of ether oxygens (including phenoxy) is 1. The molecule has 4 nitrogen and oxygen atoms in total. The molecular formula is C35H38ClN3O. The smallest absolute Gasteiger partial charge is 0.126 e. The molecule has 0 amide bonds. The first-order valence-corrected chi connectivity index (χ1v) is 14.8. The van der Waals surface area contributed by atoms with Gasteiger partial charge in [0.2, 0.25) is 0 Å². The van der Waals surface area contributed by atoms with Crippen molar-refractivity contribution in [3.05, 3.63) is 102 Å². The summed E-state index contributed by atoms with van der Waals surface area (Å²) in [6, 6.07) is 19.1. The molecule has 1 saturated heterocycles. The molecule has 5 rings (SSSR count). The van der Waals surface area contributed by atoms with Gasteiger partial charge in [0.15, 0.2) is 0 Å². The lowest BCUT2D eigenvalue weighted by molar-refractivity contribution is 0.105. The topological polar surface area (TPSA) is 28.6 Å². The van der Waals surface area contributed by atoms with Gasteiger partial charge in [-0.15, -0.1) is 0 Å². The lowest BCUT2D eigenvalue weighted by Crippen LogP contribution is -2.46. The van der Waals surface area contributed by atoms with Crippen molar-refractivity contribution in [2.24, 2.45) is 0 Å². The number of aromatic nitrogens is 1. The minimum atomic E-state index is 0.635. The summed E-state index contributed by atoms with van der Waals surface area (Å²) in [5.74, 6) is 7.24. The third-order valence-corrected chi connectivity index (χ3v) is 8.36. The summed E-state index contributed by atoms with van der Waals surface area (Å²) in [5.41, 5.74) is 4.69. The van der Waals surface area contributed by atoms with Crippen LogP contribution in [-0.2, 0) is 0 Å². The fourth-order valence-electron chi connectivity index (χ4n) is 5.86. The Morgan fingerprint density at radius 2 is 1.65 bits per heavy atom. The fraction of sp³-hybridized carbons (Fsp3) is 0.343. The predicted molar refractivity (Wildman–Crippen MR) is 166 cm³/mol. The van der Waals surface area contributed by atoms with Gasteiger partial charge in [0, 0.05) is 59.6 Å². The van der Waals surface area contributed by atoms with Gasteiger partial charge >= 0.3 is 0 Å². The zero-order valence-corrected chi connectivity index (χ0v) is 24.0. The van der Waals surface area contributed by atoms with Crippen LogP contribution >= 0.6 is 11.6 Å². The third kappa shape index (κ3) is 7.16. The van der Waals surface area contributed by atoms with Crippen LogP contribution in [0, 0.1) is 11.8 Å². The van der Waals surface area contributed by atoms with Gasteiger partial charge in [0.1, 0.15) is 18.1 Å². The van der Waals surface area contributed by atoms with E-state index in [1.54, 1.807) is 0 Å². The SMILES string of the molecule is C=Cc1cc(C#Cc2ccc(-c3ccc(Cl)cc3)cn2)ccc1OCCN1CCC(N(C=C)C2CCCC2)CC1. The zero-order chi connectivity index (χ0) is 27.7. The fourth-order valence-corrected chi connectivity index (χ4v) is 5.98. The van der Waals surface area contributed by atoms with Crippen molar-refractivity contribution < 1.29 is 4.74 Å². The highest BCUT2D eigenvalue weighted by Crippen LogP contribution is 2.29. The Morgan fingerprint density at radius 1 is 0.925 bits per heavy atom. The van der Waals surface area contributed by atoms with Crippen molar-refractivity contribution in [1.82, 2.24) is 14.8 Å². The molecule has 2 heterocycles. The van der Waals surface area contributed by atoms with Crippen LogP contribution < -0.4 is 4.74 Å². The summed E-state index contributed by atoms with van der Waals surface area (Å²) in [6.45, 7) is 11.9. The van der Waals surface area contributed by atoms with E-state index in [0.29, 0.717) is 18.7 Å². The maximum absolute atomic E-state index is 6.18. The standard InChI is InChI=1S/C35H38ClN3O/c1-3-28-25-27(9-16-32-17-13-30(26-37-32)29-11-14-31(36)15-12-29)10-18-35(28)40-24-23-38-21-19-34(20-22-38)39(4-2)33-7-5-6-8-33/h3-4,10-15,17-18,25-26,33-34H,1-2,5-8,19-24H2. The average molecular weight is 552 g/mol. The van der Waals surface area contributed by atoms with Crippen molar-refractivity contribution in [2.75, 3.05) is 26.2 Å². The van der Waals surface area contributed by atoms with E-state index in [1.165, 1.54) is 38.5 Å². The van der Waals surface area contributed by atoms with E-state index in [-0.39, 0.29) is 0 Å². The van der Waals surface area contributed by atoms with E-state index in [1.807, 2.05) is 66.9 Å². The van der Waals surface area contributed by atoms with Crippen LogP contribution in [0.4, 0.5) is 0 Å². The van der Waals surface area contributed by atoms with Crippen LogP contribution in [0.2, 0.25) is 5.02 Å². The Kier molecular flexibility index (Phi) is 9.60. The summed E-state index contributed by atoms with van der Waals surface area (Å²) in [6.07, 6.45) is 13.5. The maximum atomic E-state index is 6.18. The van der Waals surface area contributed by atoms with E-state index in [4.69, 9.17) is 16.3 Å². The summed E-state index contributed by atoms with van der Waals surface area (Å²) in [5, 5.41) is 0.722. The van der Waals surface area contributed by atoms with Crippen LogP contribution in [0.3, 0.4) is 0 Å². The molecule has 40 heavy (non-hydrogen) atoms. The molecule has 5 heteroatoms. The van der Waals surface area contributed by atoms with Crippen molar-refractivity contribution >= 4 is 17.7 Å². The highest BCUT2D eigenvalue weighted by atomic mass is 35.5. The molecule has 0 radical (unpaired) electrons. The second-order valence-electron chi connectivity index (χ2n) is 10.6. The van der Waals surface area contributed by atoms with Gasteiger partial charge in [-0.3, -0.25) is 4.90 Å². The van der Waals surface area contributed by atoms with Gasteiger partial charge in [0.05, 0.1) is 0 Å². The van der Waals surface area contributed by atoms with Crippen molar-refractivity contribution in [2.45, 2.75) is 50.6 Å². The summed E-state index contributed by atoms with van der Waals surface area (Å²) < 4.78 is 6.18.